The maximum absolute atomic E-state index is 12.7. The Bertz CT molecular complexity index is 1650. The number of benzene rings is 3. The number of carbonyl (C=O) groups is 1. The molecule has 0 bridgehead atoms. The van der Waals surface area contributed by atoms with Crippen molar-refractivity contribution in [2.45, 2.75) is 39.5 Å². The third kappa shape index (κ3) is 8.07. The van der Waals surface area contributed by atoms with Crippen molar-refractivity contribution < 1.29 is 22.7 Å². The molecule has 44 heavy (non-hydrogen) atoms. The number of anilines is 1. The fraction of sp³-hybridized carbons (Fsp3) is 0.250. The smallest absolute Gasteiger partial charge is 0.406 e. The number of aromatic nitrogens is 3. The number of halogens is 3. The summed E-state index contributed by atoms with van der Waals surface area (Å²) in [6, 6.07) is 18.8. The standard InChI is InChI=1S/C32H31F3N6O2S/c1-3-5-24-9-6-22(2)20-28(24)40-18-4-19-44-31(40)38-30(42)36-17-16-23-7-10-25(11-8-23)29-37-21-41(39-29)26-12-14-27(15-13-26)43-32(33,34)35/h6-17,20-21H,3-5,18-19H2,1-2H3,(H,36,42)/b17-16+,38-31-. The quantitative estimate of drug-likeness (QED) is 0.217. The lowest BCUT2D eigenvalue weighted by molar-refractivity contribution is -0.274. The highest BCUT2D eigenvalue weighted by Gasteiger charge is 2.31. The van der Waals surface area contributed by atoms with Crippen molar-refractivity contribution in [3.8, 4) is 22.8 Å². The Hall–Kier alpha value is -4.58. The lowest BCUT2D eigenvalue weighted by Crippen LogP contribution is -2.36. The zero-order valence-electron chi connectivity index (χ0n) is 24.2. The van der Waals surface area contributed by atoms with Gasteiger partial charge in [0, 0.05) is 29.7 Å². The molecule has 1 saturated heterocycles. The molecule has 0 unspecified atom stereocenters. The Labute approximate surface area is 257 Å². The Balaban J connectivity index is 1.20. The highest BCUT2D eigenvalue weighted by Crippen LogP contribution is 2.30. The van der Waals surface area contributed by atoms with Gasteiger partial charge in [0.25, 0.3) is 0 Å². The van der Waals surface area contributed by atoms with Crippen LogP contribution in [0.3, 0.4) is 0 Å². The van der Waals surface area contributed by atoms with Gasteiger partial charge in [0.05, 0.1) is 5.69 Å². The van der Waals surface area contributed by atoms with Crippen molar-refractivity contribution in [1.82, 2.24) is 20.1 Å². The van der Waals surface area contributed by atoms with Gasteiger partial charge >= 0.3 is 12.4 Å². The lowest BCUT2D eigenvalue weighted by atomic mass is 10.0. The van der Waals surface area contributed by atoms with Crippen molar-refractivity contribution in [2.24, 2.45) is 4.99 Å². The molecule has 228 valence electrons. The van der Waals surface area contributed by atoms with Gasteiger partial charge < -0.3 is 15.0 Å². The van der Waals surface area contributed by atoms with E-state index in [1.54, 1.807) is 24.0 Å². The summed E-state index contributed by atoms with van der Waals surface area (Å²) >= 11 is 1.59. The molecular formula is C32H31F3N6O2S. The van der Waals surface area contributed by atoms with Crippen molar-refractivity contribution >= 4 is 34.7 Å². The summed E-state index contributed by atoms with van der Waals surface area (Å²) in [5, 5.41) is 7.86. The Kier molecular flexibility index (Phi) is 9.69. The number of amidine groups is 1. The molecule has 3 aromatic carbocycles. The van der Waals surface area contributed by atoms with Crippen molar-refractivity contribution in [2.75, 3.05) is 17.2 Å². The molecule has 0 saturated carbocycles. The maximum atomic E-state index is 12.7. The number of rotatable bonds is 8. The van der Waals surface area contributed by atoms with E-state index in [2.05, 4.69) is 62.1 Å². The van der Waals surface area contributed by atoms with Crippen LogP contribution in [-0.4, -0.2) is 44.6 Å². The zero-order chi connectivity index (χ0) is 31.1. The molecule has 4 aromatic rings. The summed E-state index contributed by atoms with van der Waals surface area (Å²) in [5.41, 5.74) is 5.68. The Morgan fingerprint density at radius 2 is 1.89 bits per heavy atom. The average Bonchev–Trinajstić information content (AvgIpc) is 3.49. The summed E-state index contributed by atoms with van der Waals surface area (Å²) in [7, 11) is 0. The van der Waals surface area contributed by atoms with Crippen LogP contribution < -0.4 is 15.0 Å². The molecule has 0 atom stereocenters. The second kappa shape index (κ2) is 13.8. The predicted octanol–water partition coefficient (Wildman–Crippen LogP) is 7.77. The average molecular weight is 621 g/mol. The van der Waals surface area contributed by atoms with Gasteiger partial charge in [-0.25, -0.2) is 14.5 Å². The Morgan fingerprint density at radius 1 is 1.11 bits per heavy atom. The summed E-state index contributed by atoms with van der Waals surface area (Å²) < 4.78 is 42.6. The number of nitrogens with one attached hydrogen (secondary N) is 1. The molecule has 0 aliphatic carbocycles. The fourth-order valence-electron chi connectivity index (χ4n) is 4.67. The monoisotopic (exact) mass is 620 g/mol. The van der Waals surface area contributed by atoms with Crippen molar-refractivity contribution in [1.29, 1.82) is 0 Å². The van der Waals surface area contributed by atoms with Crippen LogP contribution in [0.15, 0.2) is 84.2 Å². The minimum atomic E-state index is -4.75. The third-order valence-electron chi connectivity index (χ3n) is 6.71. The maximum Gasteiger partial charge on any atom is 0.573 e. The van der Waals surface area contributed by atoms with Gasteiger partial charge in [-0.3, -0.25) is 0 Å². The van der Waals surface area contributed by atoms with E-state index in [9.17, 15) is 18.0 Å². The van der Waals surface area contributed by atoms with E-state index in [-0.39, 0.29) is 5.75 Å². The van der Waals surface area contributed by atoms with Crippen LogP contribution >= 0.6 is 11.8 Å². The molecule has 12 heteroatoms. The minimum absolute atomic E-state index is 0.313. The van der Waals surface area contributed by atoms with E-state index in [0.29, 0.717) is 16.7 Å². The Morgan fingerprint density at radius 3 is 2.61 bits per heavy atom. The number of urea groups is 1. The topological polar surface area (TPSA) is 84.6 Å². The number of aryl methyl sites for hydroxylation is 2. The first-order valence-electron chi connectivity index (χ1n) is 14.1. The van der Waals surface area contributed by atoms with Crippen LogP contribution in [0.25, 0.3) is 23.2 Å². The van der Waals surface area contributed by atoms with Gasteiger partial charge in [0.2, 0.25) is 0 Å². The number of hydrogen-bond donors (Lipinski definition) is 1. The molecule has 0 spiro atoms. The van der Waals surface area contributed by atoms with Crippen LogP contribution in [-0.2, 0) is 6.42 Å². The van der Waals surface area contributed by atoms with Gasteiger partial charge in [0.1, 0.15) is 12.1 Å². The molecule has 0 radical (unpaired) electrons. The summed E-state index contributed by atoms with van der Waals surface area (Å²) in [4.78, 5) is 23.6. The molecule has 8 nitrogen and oxygen atoms in total. The SMILES string of the molecule is CCCc1ccc(C)cc1N1CCCS/C1=N\C(=O)N/C=C/c1ccc(-c2ncn(-c3ccc(OC(F)(F)F)cc3)n2)cc1. The number of thioether (sulfide) groups is 1. The van der Waals surface area contributed by atoms with E-state index in [4.69, 9.17) is 0 Å². The first-order chi connectivity index (χ1) is 21.2. The lowest BCUT2D eigenvalue weighted by Gasteiger charge is -2.31. The molecule has 1 aliphatic heterocycles. The summed E-state index contributed by atoms with van der Waals surface area (Å²) in [6.07, 6.45) is 3.09. The highest BCUT2D eigenvalue weighted by molar-refractivity contribution is 8.14. The minimum Gasteiger partial charge on any atom is -0.406 e. The summed E-state index contributed by atoms with van der Waals surface area (Å²) in [6.45, 7) is 5.05. The van der Waals surface area contributed by atoms with E-state index in [1.807, 2.05) is 24.3 Å². The number of nitrogens with zero attached hydrogens (tertiary/aromatic N) is 5. The van der Waals surface area contributed by atoms with E-state index < -0.39 is 12.4 Å². The number of alkyl halides is 3. The highest BCUT2D eigenvalue weighted by atomic mass is 32.2. The first-order valence-corrected chi connectivity index (χ1v) is 15.1. The number of aliphatic imine (C=N–C) groups is 1. The van der Waals surface area contributed by atoms with Gasteiger partial charge in [-0.1, -0.05) is 61.5 Å². The molecular weight excluding hydrogens is 589 g/mol. The number of carbonyl (C=O) groups excluding carboxylic acids is 1. The zero-order valence-corrected chi connectivity index (χ0v) is 25.0. The van der Waals surface area contributed by atoms with Crippen LogP contribution in [0.2, 0.25) is 0 Å². The van der Waals surface area contributed by atoms with Crippen LogP contribution in [0.5, 0.6) is 5.75 Å². The first kappa shape index (κ1) is 30.9. The number of hydrogen-bond acceptors (Lipinski definition) is 5. The number of ether oxygens (including phenoxy) is 1. The van der Waals surface area contributed by atoms with Crippen molar-refractivity contribution in [3.05, 3.63) is 95.9 Å². The van der Waals surface area contributed by atoms with E-state index in [0.717, 1.165) is 48.4 Å². The molecule has 5 rings (SSSR count). The second-order valence-electron chi connectivity index (χ2n) is 10.1. The second-order valence-corrected chi connectivity index (χ2v) is 11.2. The largest absolute Gasteiger partial charge is 0.573 e. The third-order valence-corrected chi connectivity index (χ3v) is 7.78. The fourth-order valence-corrected chi connectivity index (χ4v) is 5.62. The van der Waals surface area contributed by atoms with Crippen molar-refractivity contribution in [3.63, 3.8) is 0 Å². The van der Waals surface area contributed by atoms with Gasteiger partial charge in [0.15, 0.2) is 11.0 Å². The van der Waals surface area contributed by atoms with E-state index in [1.165, 1.54) is 46.4 Å². The molecule has 1 aromatic heterocycles. The van der Waals surface area contributed by atoms with Crippen LogP contribution in [0.1, 0.15) is 36.5 Å². The van der Waals surface area contributed by atoms with Gasteiger partial charge in [-0.2, -0.15) is 4.99 Å². The normalized spacial score (nSPS) is 14.8. The molecule has 1 N–H and O–H groups in total. The van der Waals surface area contributed by atoms with E-state index >= 15 is 0 Å². The van der Waals surface area contributed by atoms with Gasteiger partial charge in [-0.15, -0.1) is 18.3 Å². The molecule has 2 amide bonds. The molecule has 1 fully saturated rings. The van der Waals surface area contributed by atoms with Gasteiger partial charge in [-0.05, 0) is 72.9 Å². The summed E-state index contributed by atoms with van der Waals surface area (Å²) in [5.74, 6) is 1.05. The van der Waals surface area contributed by atoms with Crippen LogP contribution in [0.4, 0.5) is 23.7 Å². The predicted molar refractivity (Wildman–Crippen MR) is 168 cm³/mol. The number of amides is 2. The molecule has 1 aliphatic rings. The van der Waals surface area contributed by atoms with Crippen LogP contribution in [0, 0.1) is 6.92 Å². The molecule has 2 heterocycles.